The zero-order chi connectivity index (χ0) is 9.52. The standard InChI is InChI=1S/C11H14NO.K.H/c1-2-6-11(13)12-9-10-7-4-3-5-8-10;;/h3-5,7-8H,2,6,9H2,1H3;;. The summed E-state index contributed by atoms with van der Waals surface area (Å²) in [5, 5.41) is 3.95. The van der Waals surface area contributed by atoms with Crippen LogP contribution in [0.4, 0.5) is 0 Å². The van der Waals surface area contributed by atoms with Crippen molar-refractivity contribution in [1.29, 1.82) is 0 Å². The minimum absolute atomic E-state index is 0. The molecule has 0 bridgehead atoms. The predicted molar refractivity (Wildman–Crippen MR) is 59.3 cm³/mol. The molecule has 0 N–H and O–H groups in total. The van der Waals surface area contributed by atoms with Gasteiger partial charge in [-0.15, -0.1) is 0 Å². The third kappa shape index (κ3) is 5.93. The van der Waals surface area contributed by atoms with E-state index in [4.69, 9.17) is 0 Å². The first-order valence-corrected chi connectivity index (χ1v) is 4.57. The molecule has 1 aromatic rings. The molecular weight excluding hydrogens is 201 g/mol. The van der Waals surface area contributed by atoms with Crippen LogP contribution in [-0.4, -0.2) is 57.3 Å². The van der Waals surface area contributed by atoms with Crippen LogP contribution in [-0.2, 0) is 11.3 Å². The van der Waals surface area contributed by atoms with Crippen LogP contribution in [0.15, 0.2) is 30.3 Å². The topological polar surface area (TPSA) is 31.2 Å². The van der Waals surface area contributed by atoms with Crippen molar-refractivity contribution in [3.63, 3.8) is 0 Å². The van der Waals surface area contributed by atoms with Crippen molar-refractivity contribution in [3.05, 3.63) is 35.9 Å². The average Bonchev–Trinajstić information content (AvgIpc) is 2.17. The first kappa shape index (κ1) is 14.3. The summed E-state index contributed by atoms with van der Waals surface area (Å²) in [7, 11) is 0. The third-order valence-corrected chi connectivity index (χ3v) is 1.74. The minimum atomic E-state index is 0. The monoisotopic (exact) mass is 216 g/mol. The number of hydrogen-bond acceptors (Lipinski definition) is 1. The molecule has 1 aromatic carbocycles. The Balaban J connectivity index is 0.00000169. The Morgan fingerprint density at radius 2 is 1.93 bits per heavy atom. The Morgan fingerprint density at radius 3 is 2.50 bits per heavy atom. The van der Waals surface area contributed by atoms with Gasteiger partial charge in [0.2, 0.25) is 5.91 Å². The first-order chi connectivity index (χ1) is 6.33. The summed E-state index contributed by atoms with van der Waals surface area (Å²) >= 11 is 0. The molecule has 1 radical (unpaired) electrons. The van der Waals surface area contributed by atoms with Gasteiger partial charge in [0.25, 0.3) is 0 Å². The van der Waals surface area contributed by atoms with Crippen molar-refractivity contribution in [3.8, 4) is 0 Å². The number of rotatable bonds is 4. The van der Waals surface area contributed by atoms with E-state index in [0.29, 0.717) is 13.0 Å². The number of nitrogens with zero attached hydrogens (tertiary/aromatic N) is 1. The molecule has 0 spiro atoms. The van der Waals surface area contributed by atoms with Gasteiger partial charge in [-0.05, 0) is 12.0 Å². The van der Waals surface area contributed by atoms with Gasteiger partial charge in [0.15, 0.2) is 0 Å². The molecule has 1 amide bonds. The van der Waals surface area contributed by atoms with E-state index in [0.717, 1.165) is 12.0 Å². The second kappa shape index (κ2) is 8.62. The summed E-state index contributed by atoms with van der Waals surface area (Å²) in [6.07, 6.45) is 1.43. The molecule has 14 heavy (non-hydrogen) atoms. The van der Waals surface area contributed by atoms with E-state index in [1.54, 1.807) is 0 Å². The summed E-state index contributed by atoms with van der Waals surface area (Å²) in [6, 6.07) is 9.81. The van der Waals surface area contributed by atoms with Crippen molar-refractivity contribution in [2.75, 3.05) is 0 Å². The molecule has 0 aliphatic carbocycles. The Bertz CT molecular complexity index is 261. The normalized spacial score (nSPS) is 8.93. The van der Waals surface area contributed by atoms with Crippen LogP contribution in [0, 0.1) is 0 Å². The van der Waals surface area contributed by atoms with E-state index in [1.165, 1.54) is 0 Å². The van der Waals surface area contributed by atoms with E-state index in [2.05, 4.69) is 5.32 Å². The summed E-state index contributed by atoms with van der Waals surface area (Å²) in [4.78, 5) is 11.0. The Hall–Kier alpha value is 0.326. The van der Waals surface area contributed by atoms with Crippen LogP contribution >= 0.6 is 0 Å². The van der Waals surface area contributed by atoms with Gasteiger partial charge in [0, 0.05) is 6.42 Å². The molecule has 0 aliphatic heterocycles. The zero-order valence-corrected chi connectivity index (χ0v) is 7.86. The van der Waals surface area contributed by atoms with Crippen LogP contribution < -0.4 is 5.32 Å². The van der Waals surface area contributed by atoms with Gasteiger partial charge in [-0.3, -0.25) is 4.79 Å². The van der Waals surface area contributed by atoms with Gasteiger partial charge in [-0.2, -0.15) is 0 Å². The summed E-state index contributed by atoms with van der Waals surface area (Å²) in [5.74, 6) is 0.00588. The van der Waals surface area contributed by atoms with Crippen LogP contribution in [0.5, 0.6) is 0 Å². The number of benzene rings is 1. The van der Waals surface area contributed by atoms with E-state index in [1.807, 2.05) is 37.3 Å². The average molecular weight is 216 g/mol. The number of carbonyl (C=O) groups is 1. The molecule has 2 nitrogen and oxygen atoms in total. The molecule has 0 saturated carbocycles. The molecule has 0 fully saturated rings. The van der Waals surface area contributed by atoms with Crippen molar-refractivity contribution >= 4 is 57.3 Å². The van der Waals surface area contributed by atoms with Gasteiger partial charge in [0.1, 0.15) is 0 Å². The van der Waals surface area contributed by atoms with Crippen LogP contribution in [0.2, 0.25) is 0 Å². The fourth-order valence-corrected chi connectivity index (χ4v) is 1.06. The van der Waals surface area contributed by atoms with E-state index in [-0.39, 0.29) is 57.3 Å². The van der Waals surface area contributed by atoms with Crippen molar-refractivity contribution in [1.82, 2.24) is 5.32 Å². The fraction of sp³-hybridized carbons (Fsp3) is 0.364. The van der Waals surface area contributed by atoms with Gasteiger partial charge >= 0.3 is 51.4 Å². The molecule has 71 valence electrons. The van der Waals surface area contributed by atoms with E-state index >= 15 is 0 Å². The molecule has 3 heteroatoms. The number of amides is 1. The Kier molecular flexibility index (Phi) is 8.82. The first-order valence-electron chi connectivity index (χ1n) is 4.57. The van der Waals surface area contributed by atoms with Gasteiger partial charge in [-0.1, -0.05) is 37.3 Å². The van der Waals surface area contributed by atoms with Gasteiger partial charge in [0.05, 0.1) is 6.54 Å². The molecule has 1 rings (SSSR count). The maximum absolute atomic E-state index is 11.0. The Morgan fingerprint density at radius 1 is 1.29 bits per heavy atom. The van der Waals surface area contributed by atoms with Crippen molar-refractivity contribution in [2.45, 2.75) is 26.3 Å². The molecule has 0 aromatic heterocycles. The molecular formula is C11H15KNO. The second-order valence-electron chi connectivity index (χ2n) is 2.95. The van der Waals surface area contributed by atoms with Gasteiger partial charge < -0.3 is 0 Å². The van der Waals surface area contributed by atoms with Crippen LogP contribution in [0.1, 0.15) is 25.3 Å². The zero-order valence-electron chi connectivity index (χ0n) is 7.86. The summed E-state index contributed by atoms with van der Waals surface area (Å²) in [6.45, 7) is 2.50. The summed E-state index contributed by atoms with van der Waals surface area (Å²) < 4.78 is 0. The van der Waals surface area contributed by atoms with Crippen LogP contribution in [0.25, 0.3) is 0 Å². The van der Waals surface area contributed by atoms with Gasteiger partial charge in [-0.25, -0.2) is 5.32 Å². The van der Waals surface area contributed by atoms with Crippen LogP contribution in [0.3, 0.4) is 0 Å². The molecule has 0 atom stereocenters. The molecule has 0 unspecified atom stereocenters. The Labute approximate surface area is 128 Å². The van der Waals surface area contributed by atoms with E-state index in [9.17, 15) is 4.79 Å². The molecule has 0 heterocycles. The quantitative estimate of drug-likeness (QED) is 0.701. The summed E-state index contributed by atoms with van der Waals surface area (Å²) in [5.41, 5.74) is 1.09. The van der Waals surface area contributed by atoms with Crippen molar-refractivity contribution in [2.24, 2.45) is 0 Å². The second-order valence-corrected chi connectivity index (χ2v) is 2.95. The molecule has 0 saturated heterocycles. The molecule has 0 aliphatic rings. The third-order valence-electron chi connectivity index (χ3n) is 1.74. The maximum atomic E-state index is 11.0. The van der Waals surface area contributed by atoms with Crippen molar-refractivity contribution < 1.29 is 4.79 Å². The SMILES string of the molecule is CCCC(=O)[N]Cc1ccccc1.[KH]. The number of carbonyl (C=O) groups excluding carboxylic acids is 1. The number of hydrogen-bond donors (Lipinski definition) is 0. The van der Waals surface area contributed by atoms with E-state index < -0.39 is 0 Å². The fourth-order valence-electron chi connectivity index (χ4n) is 1.06. The predicted octanol–water partition coefficient (Wildman–Crippen LogP) is 1.47.